The van der Waals surface area contributed by atoms with Crippen molar-refractivity contribution in [1.29, 1.82) is 0 Å². The van der Waals surface area contributed by atoms with E-state index in [1.807, 2.05) is 23.1 Å². The van der Waals surface area contributed by atoms with Crippen LogP contribution < -0.4 is 10.6 Å². The maximum absolute atomic E-state index is 12.7. The second-order valence-corrected chi connectivity index (χ2v) is 5.92. The Morgan fingerprint density at radius 2 is 1.60 bits per heavy atom. The van der Waals surface area contributed by atoms with Crippen molar-refractivity contribution in [2.75, 3.05) is 36.8 Å². The Morgan fingerprint density at radius 3 is 2.16 bits per heavy atom. The van der Waals surface area contributed by atoms with Crippen molar-refractivity contribution < 1.29 is 18.0 Å². The van der Waals surface area contributed by atoms with Crippen LogP contribution in [0.1, 0.15) is 15.9 Å². The zero-order chi connectivity index (χ0) is 18.0. The van der Waals surface area contributed by atoms with Gasteiger partial charge in [0.25, 0.3) is 5.91 Å². The minimum atomic E-state index is -4.41. The standard InChI is InChI=1S/C18H18F3N3O/c19-18(20,21)14-6-7-16(15(22)12-14)23-8-10-24(11-9-23)17(25)13-4-2-1-3-5-13/h1-7,12H,8-11,22H2. The molecule has 0 bridgehead atoms. The van der Waals surface area contributed by atoms with Gasteiger partial charge in [0.05, 0.1) is 16.9 Å². The van der Waals surface area contributed by atoms with E-state index in [0.717, 1.165) is 12.1 Å². The first-order valence-electron chi connectivity index (χ1n) is 7.92. The van der Waals surface area contributed by atoms with Crippen molar-refractivity contribution in [2.45, 2.75) is 6.18 Å². The molecular weight excluding hydrogens is 331 g/mol. The number of rotatable bonds is 2. The van der Waals surface area contributed by atoms with Gasteiger partial charge in [-0.2, -0.15) is 13.2 Å². The molecule has 2 aromatic carbocycles. The number of piperazine rings is 1. The number of anilines is 2. The maximum atomic E-state index is 12.7. The third-order valence-corrected chi connectivity index (χ3v) is 4.28. The maximum Gasteiger partial charge on any atom is 0.416 e. The molecule has 0 aliphatic carbocycles. The highest BCUT2D eigenvalue weighted by atomic mass is 19.4. The van der Waals surface area contributed by atoms with Gasteiger partial charge in [-0.1, -0.05) is 18.2 Å². The van der Waals surface area contributed by atoms with Crippen LogP contribution in [0.3, 0.4) is 0 Å². The van der Waals surface area contributed by atoms with Crippen molar-refractivity contribution in [3.8, 4) is 0 Å². The Bertz CT molecular complexity index is 754. The van der Waals surface area contributed by atoms with Crippen molar-refractivity contribution in [3.63, 3.8) is 0 Å². The SMILES string of the molecule is Nc1cc(C(F)(F)F)ccc1N1CCN(C(=O)c2ccccc2)CC1. The number of alkyl halides is 3. The molecule has 0 spiro atoms. The van der Waals surface area contributed by atoms with Crippen LogP contribution in [0.15, 0.2) is 48.5 Å². The zero-order valence-corrected chi connectivity index (χ0v) is 13.5. The molecule has 1 saturated heterocycles. The van der Waals surface area contributed by atoms with E-state index in [4.69, 9.17) is 5.73 Å². The van der Waals surface area contributed by atoms with Gasteiger partial charge >= 0.3 is 6.18 Å². The highest BCUT2D eigenvalue weighted by Crippen LogP contribution is 2.34. The molecular formula is C18H18F3N3O. The van der Waals surface area contributed by atoms with E-state index in [1.165, 1.54) is 6.07 Å². The minimum absolute atomic E-state index is 0.0411. The summed E-state index contributed by atoms with van der Waals surface area (Å²) >= 11 is 0. The van der Waals surface area contributed by atoms with Gasteiger partial charge < -0.3 is 15.5 Å². The molecule has 2 aromatic rings. The van der Waals surface area contributed by atoms with E-state index >= 15 is 0 Å². The summed E-state index contributed by atoms with van der Waals surface area (Å²) in [5, 5.41) is 0. The molecule has 132 valence electrons. The quantitative estimate of drug-likeness (QED) is 0.847. The second kappa shape index (κ2) is 6.66. The number of carbonyl (C=O) groups is 1. The van der Waals surface area contributed by atoms with Gasteiger partial charge in [0.2, 0.25) is 0 Å². The van der Waals surface area contributed by atoms with Crippen LogP contribution >= 0.6 is 0 Å². The molecule has 1 amide bonds. The van der Waals surface area contributed by atoms with Crippen molar-refractivity contribution >= 4 is 17.3 Å². The number of nitrogens with zero attached hydrogens (tertiary/aromatic N) is 2. The molecule has 1 heterocycles. The lowest BCUT2D eigenvalue weighted by atomic mass is 10.1. The first-order chi connectivity index (χ1) is 11.9. The van der Waals surface area contributed by atoms with Gasteiger partial charge in [0.1, 0.15) is 0 Å². The Morgan fingerprint density at radius 1 is 0.960 bits per heavy atom. The number of amides is 1. The molecule has 1 aliphatic heterocycles. The number of nitrogen functional groups attached to an aromatic ring is 1. The fourth-order valence-corrected chi connectivity index (χ4v) is 2.93. The summed E-state index contributed by atoms with van der Waals surface area (Å²) in [7, 11) is 0. The number of hydrogen-bond acceptors (Lipinski definition) is 3. The van der Waals surface area contributed by atoms with Gasteiger partial charge in [0.15, 0.2) is 0 Å². The van der Waals surface area contributed by atoms with Crippen LogP contribution in [0.2, 0.25) is 0 Å². The summed E-state index contributed by atoms with van der Waals surface area (Å²) in [5.74, 6) is -0.0411. The molecule has 2 N–H and O–H groups in total. The smallest absolute Gasteiger partial charge is 0.397 e. The molecule has 4 nitrogen and oxygen atoms in total. The largest absolute Gasteiger partial charge is 0.416 e. The summed E-state index contributed by atoms with van der Waals surface area (Å²) < 4.78 is 38.2. The molecule has 0 unspecified atom stereocenters. The number of nitrogens with two attached hydrogens (primary N) is 1. The Balaban J connectivity index is 1.67. The molecule has 0 saturated carbocycles. The second-order valence-electron chi connectivity index (χ2n) is 5.92. The number of halogens is 3. The predicted octanol–water partition coefficient (Wildman–Crippen LogP) is 3.25. The van der Waals surface area contributed by atoms with Crippen LogP contribution in [0.5, 0.6) is 0 Å². The Kier molecular flexibility index (Phi) is 4.57. The van der Waals surface area contributed by atoms with Gasteiger partial charge in [-0.05, 0) is 30.3 Å². The fourth-order valence-electron chi connectivity index (χ4n) is 2.93. The first-order valence-corrected chi connectivity index (χ1v) is 7.92. The number of benzene rings is 2. The van der Waals surface area contributed by atoms with Gasteiger partial charge in [0, 0.05) is 31.7 Å². The molecule has 0 radical (unpaired) electrons. The molecule has 1 fully saturated rings. The van der Waals surface area contributed by atoms with Gasteiger partial charge in [-0.15, -0.1) is 0 Å². The Hall–Kier alpha value is -2.70. The molecule has 7 heteroatoms. The molecule has 25 heavy (non-hydrogen) atoms. The fraction of sp³-hybridized carbons (Fsp3) is 0.278. The minimum Gasteiger partial charge on any atom is -0.397 e. The highest BCUT2D eigenvalue weighted by Gasteiger charge is 2.31. The monoisotopic (exact) mass is 349 g/mol. The molecule has 0 aromatic heterocycles. The lowest BCUT2D eigenvalue weighted by Crippen LogP contribution is -2.49. The summed E-state index contributed by atoms with van der Waals surface area (Å²) in [4.78, 5) is 16.1. The highest BCUT2D eigenvalue weighted by molar-refractivity contribution is 5.94. The average molecular weight is 349 g/mol. The molecule has 3 rings (SSSR count). The van der Waals surface area contributed by atoms with E-state index in [9.17, 15) is 18.0 Å². The summed E-state index contributed by atoms with van der Waals surface area (Å²) in [6, 6.07) is 12.4. The van der Waals surface area contributed by atoms with Crippen molar-refractivity contribution in [3.05, 3.63) is 59.7 Å². The van der Waals surface area contributed by atoms with Crippen LogP contribution in [-0.2, 0) is 6.18 Å². The summed E-state index contributed by atoms with van der Waals surface area (Å²) in [6.07, 6.45) is -4.41. The van der Waals surface area contributed by atoms with E-state index in [0.29, 0.717) is 37.4 Å². The number of hydrogen-bond donors (Lipinski definition) is 1. The third-order valence-electron chi connectivity index (χ3n) is 4.28. The normalized spacial score (nSPS) is 15.3. The summed E-state index contributed by atoms with van der Waals surface area (Å²) in [5.41, 5.74) is 6.35. The zero-order valence-electron chi connectivity index (χ0n) is 13.5. The molecule has 0 atom stereocenters. The van der Waals surface area contributed by atoms with Crippen LogP contribution in [-0.4, -0.2) is 37.0 Å². The molecule has 1 aliphatic rings. The predicted molar refractivity (Wildman–Crippen MR) is 90.4 cm³/mol. The van der Waals surface area contributed by atoms with Gasteiger partial charge in [-0.3, -0.25) is 4.79 Å². The summed E-state index contributed by atoms with van der Waals surface area (Å²) in [6.45, 7) is 2.03. The van der Waals surface area contributed by atoms with Crippen molar-refractivity contribution in [1.82, 2.24) is 4.90 Å². The van der Waals surface area contributed by atoms with E-state index < -0.39 is 11.7 Å². The van der Waals surface area contributed by atoms with E-state index in [1.54, 1.807) is 17.0 Å². The lowest BCUT2D eigenvalue weighted by Gasteiger charge is -2.36. The number of carbonyl (C=O) groups excluding carboxylic acids is 1. The third kappa shape index (κ3) is 3.70. The van der Waals surface area contributed by atoms with Crippen molar-refractivity contribution in [2.24, 2.45) is 0 Å². The van der Waals surface area contributed by atoms with Crippen LogP contribution in [0.4, 0.5) is 24.5 Å². The van der Waals surface area contributed by atoms with Gasteiger partial charge in [-0.25, -0.2) is 0 Å². The Labute approximate surface area is 143 Å². The van der Waals surface area contributed by atoms with E-state index in [-0.39, 0.29) is 11.6 Å². The first kappa shape index (κ1) is 17.1. The average Bonchev–Trinajstić information content (AvgIpc) is 2.61. The van der Waals surface area contributed by atoms with E-state index in [2.05, 4.69) is 0 Å². The van der Waals surface area contributed by atoms with Crippen LogP contribution in [0.25, 0.3) is 0 Å². The topological polar surface area (TPSA) is 49.6 Å². The lowest BCUT2D eigenvalue weighted by molar-refractivity contribution is -0.137. The van der Waals surface area contributed by atoms with Crippen LogP contribution in [0, 0.1) is 0 Å².